The first-order valence-corrected chi connectivity index (χ1v) is 9.62. The summed E-state index contributed by atoms with van der Waals surface area (Å²) in [6.45, 7) is 7.76. The van der Waals surface area contributed by atoms with Gasteiger partial charge in [-0.1, -0.05) is 0 Å². The summed E-state index contributed by atoms with van der Waals surface area (Å²) in [7, 11) is 1.32. The van der Waals surface area contributed by atoms with E-state index in [1.165, 1.54) is 7.11 Å². The molecule has 29 heavy (non-hydrogen) atoms. The van der Waals surface area contributed by atoms with Crippen LogP contribution in [0.5, 0.6) is 0 Å². The number of carbonyl (C=O) groups is 3. The molecule has 0 spiro atoms. The maximum absolute atomic E-state index is 12.1. The van der Waals surface area contributed by atoms with Gasteiger partial charge in [-0.05, 0) is 51.3 Å². The molecule has 0 saturated carbocycles. The molecular formula is C21H28N2O6. The number of rotatable bonds is 9. The van der Waals surface area contributed by atoms with Crippen molar-refractivity contribution < 1.29 is 28.6 Å². The predicted molar refractivity (Wildman–Crippen MR) is 106 cm³/mol. The third kappa shape index (κ3) is 5.28. The number of aromatic nitrogens is 2. The molecule has 0 fully saturated rings. The Morgan fingerprint density at radius 1 is 1.00 bits per heavy atom. The Bertz CT molecular complexity index is 893. The van der Waals surface area contributed by atoms with Gasteiger partial charge in [0.1, 0.15) is 5.69 Å². The number of hydrogen-bond acceptors (Lipinski definition) is 6. The summed E-state index contributed by atoms with van der Waals surface area (Å²) >= 11 is 0. The van der Waals surface area contributed by atoms with Gasteiger partial charge in [-0.3, -0.25) is 4.79 Å². The number of hydrogen-bond donors (Lipinski definition) is 2. The summed E-state index contributed by atoms with van der Waals surface area (Å²) < 4.78 is 14.9. The number of aromatic amines is 2. The normalized spacial score (nSPS) is 10.7. The number of methoxy groups -OCH3 is 1. The molecule has 2 aromatic rings. The van der Waals surface area contributed by atoms with Gasteiger partial charge in [0.25, 0.3) is 0 Å². The Balaban J connectivity index is 2.33. The topological polar surface area (TPSA) is 110 Å². The summed E-state index contributed by atoms with van der Waals surface area (Å²) in [5, 5.41) is 0. The van der Waals surface area contributed by atoms with Crippen LogP contribution in [-0.2, 0) is 31.8 Å². The van der Waals surface area contributed by atoms with Gasteiger partial charge >= 0.3 is 17.9 Å². The Morgan fingerprint density at radius 2 is 1.69 bits per heavy atom. The molecule has 0 unspecified atom stereocenters. The molecular weight excluding hydrogens is 376 g/mol. The zero-order valence-electron chi connectivity index (χ0n) is 17.6. The summed E-state index contributed by atoms with van der Waals surface area (Å²) in [6.07, 6.45) is 1.06. The van der Waals surface area contributed by atoms with Crippen LogP contribution in [0.1, 0.15) is 69.3 Å². The lowest BCUT2D eigenvalue weighted by molar-refractivity contribution is -0.143. The van der Waals surface area contributed by atoms with Gasteiger partial charge in [0.2, 0.25) is 0 Å². The van der Waals surface area contributed by atoms with E-state index in [4.69, 9.17) is 14.2 Å². The molecule has 0 radical (unpaired) electrons. The van der Waals surface area contributed by atoms with E-state index in [0.29, 0.717) is 43.0 Å². The van der Waals surface area contributed by atoms with E-state index < -0.39 is 5.97 Å². The summed E-state index contributed by atoms with van der Waals surface area (Å²) in [6, 6.07) is 1.75. The smallest absolute Gasteiger partial charge is 0.354 e. The van der Waals surface area contributed by atoms with Crippen molar-refractivity contribution in [1.82, 2.24) is 9.97 Å². The lowest BCUT2D eigenvalue weighted by atomic mass is 10.0. The number of aryl methyl sites for hydroxylation is 1. The Morgan fingerprint density at radius 3 is 2.31 bits per heavy atom. The quantitative estimate of drug-likeness (QED) is 0.491. The van der Waals surface area contributed by atoms with E-state index in [1.807, 2.05) is 6.92 Å². The molecule has 0 bridgehead atoms. The molecule has 0 atom stereocenters. The van der Waals surface area contributed by atoms with E-state index in [-0.39, 0.29) is 18.4 Å². The Kier molecular flexibility index (Phi) is 7.64. The van der Waals surface area contributed by atoms with Crippen LogP contribution in [0.3, 0.4) is 0 Å². The second kappa shape index (κ2) is 9.95. The first-order valence-electron chi connectivity index (χ1n) is 9.62. The molecule has 0 amide bonds. The zero-order chi connectivity index (χ0) is 21.6. The fraction of sp³-hybridized carbons (Fsp3) is 0.476. The van der Waals surface area contributed by atoms with Crippen molar-refractivity contribution in [2.24, 2.45) is 0 Å². The third-order valence-corrected chi connectivity index (χ3v) is 4.68. The molecule has 0 aliphatic carbocycles. The fourth-order valence-corrected chi connectivity index (χ4v) is 3.29. The van der Waals surface area contributed by atoms with Crippen molar-refractivity contribution in [3.8, 4) is 0 Å². The SMILES string of the molecule is CCOC(=O)CCc1c(Cc2cc(C(=O)OCC)c(C)[nH]2)[nH]c(C(=O)OC)c1C. The van der Waals surface area contributed by atoms with E-state index in [9.17, 15) is 14.4 Å². The van der Waals surface area contributed by atoms with E-state index in [1.54, 1.807) is 26.8 Å². The van der Waals surface area contributed by atoms with Gasteiger partial charge in [-0.2, -0.15) is 0 Å². The molecule has 2 aromatic heterocycles. The van der Waals surface area contributed by atoms with Gasteiger partial charge in [0.05, 0.1) is 25.9 Å². The van der Waals surface area contributed by atoms with Gasteiger partial charge in [0.15, 0.2) is 0 Å². The summed E-state index contributed by atoms with van der Waals surface area (Å²) in [5.41, 5.74) is 4.72. The van der Waals surface area contributed by atoms with Crippen molar-refractivity contribution in [2.45, 2.75) is 47.0 Å². The monoisotopic (exact) mass is 404 g/mol. The largest absolute Gasteiger partial charge is 0.466 e. The van der Waals surface area contributed by atoms with Gasteiger partial charge in [0, 0.05) is 29.9 Å². The van der Waals surface area contributed by atoms with Crippen molar-refractivity contribution in [3.05, 3.63) is 45.5 Å². The number of carbonyl (C=O) groups excluding carboxylic acids is 3. The maximum Gasteiger partial charge on any atom is 0.354 e. The summed E-state index contributed by atoms with van der Waals surface area (Å²) in [5.74, 6) is -1.15. The summed E-state index contributed by atoms with van der Waals surface area (Å²) in [4.78, 5) is 42.3. The van der Waals surface area contributed by atoms with Gasteiger partial charge in [-0.25, -0.2) is 9.59 Å². The first-order chi connectivity index (χ1) is 13.8. The Hall–Kier alpha value is -3.03. The molecule has 2 heterocycles. The van der Waals surface area contributed by atoms with Crippen LogP contribution in [0.4, 0.5) is 0 Å². The van der Waals surface area contributed by atoms with Crippen LogP contribution in [0.15, 0.2) is 6.07 Å². The first kappa shape index (κ1) is 22.3. The minimum Gasteiger partial charge on any atom is -0.466 e. The second-order valence-electron chi connectivity index (χ2n) is 6.61. The van der Waals surface area contributed by atoms with E-state index in [0.717, 1.165) is 22.5 Å². The zero-order valence-corrected chi connectivity index (χ0v) is 17.6. The van der Waals surface area contributed by atoms with Crippen molar-refractivity contribution in [2.75, 3.05) is 20.3 Å². The van der Waals surface area contributed by atoms with Crippen LogP contribution < -0.4 is 0 Å². The molecule has 0 aromatic carbocycles. The van der Waals surface area contributed by atoms with Gasteiger partial charge < -0.3 is 24.2 Å². The average Bonchev–Trinajstić information content (AvgIpc) is 3.20. The lowest BCUT2D eigenvalue weighted by Crippen LogP contribution is -2.07. The van der Waals surface area contributed by atoms with Crippen molar-refractivity contribution >= 4 is 17.9 Å². The highest BCUT2D eigenvalue weighted by Gasteiger charge is 2.22. The third-order valence-electron chi connectivity index (χ3n) is 4.68. The highest BCUT2D eigenvalue weighted by molar-refractivity contribution is 5.91. The van der Waals surface area contributed by atoms with Crippen LogP contribution in [-0.4, -0.2) is 48.2 Å². The lowest BCUT2D eigenvalue weighted by Gasteiger charge is -2.05. The van der Waals surface area contributed by atoms with E-state index in [2.05, 4.69) is 9.97 Å². The standard InChI is InChI=1S/C21H28N2O6/c1-6-28-18(24)9-8-15-12(3)19(21(26)27-5)23-17(15)11-14-10-16(13(4)22-14)20(25)29-7-2/h10,22-23H,6-9,11H2,1-5H3. The maximum atomic E-state index is 12.1. The number of ether oxygens (including phenoxy) is 3. The number of esters is 3. The average molecular weight is 404 g/mol. The highest BCUT2D eigenvalue weighted by atomic mass is 16.5. The van der Waals surface area contributed by atoms with Crippen LogP contribution in [0.2, 0.25) is 0 Å². The molecule has 158 valence electrons. The molecule has 0 aliphatic rings. The highest BCUT2D eigenvalue weighted by Crippen LogP contribution is 2.24. The predicted octanol–water partition coefficient (Wildman–Crippen LogP) is 3.01. The molecule has 0 saturated heterocycles. The second-order valence-corrected chi connectivity index (χ2v) is 6.61. The molecule has 8 heteroatoms. The van der Waals surface area contributed by atoms with Crippen LogP contribution >= 0.6 is 0 Å². The van der Waals surface area contributed by atoms with E-state index >= 15 is 0 Å². The van der Waals surface area contributed by atoms with Crippen LogP contribution in [0, 0.1) is 13.8 Å². The molecule has 2 rings (SSSR count). The minimum atomic E-state index is -0.471. The van der Waals surface area contributed by atoms with Crippen LogP contribution in [0.25, 0.3) is 0 Å². The fourth-order valence-electron chi connectivity index (χ4n) is 3.29. The molecule has 0 aliphatic heterocycles. The number of nitrogens with one attached hydrogen (secondary N) is 2. The van der Waals surface area contributed by atoms with Crippen molar-refractivity contribution in [3.63, 3.8) is 0 Å². The van der Waals surface area contributed by atoms with Gasteiger partial charge in [-0.15, -0.1) is 0 Å². The molecule has 2 N–H and O–H groups in total. The Labute approximate surface area is 169 Å². The van der Waals surface area contributed by atoms with Crippen molar-refractivity contribution in [1.29, 1.82) is 0 Å². The minimum absolute atomic E-state index is 0.206. The molecule has 8 nitrogen and oxygen atoms in total. The number of H-pyrrole nitrogens is 2.